The summed E-state index contributed by atoms with van der Waals surface area (Å²) in [6.07, 6.45) is 0. The van der Waals surface area contributed by atoms with E-state index in [1.165, 1.54) is 18.2 Å². The third-order valence-electron chi connectivity index (χ3n) is 2.87. The Bertz CT molecular complexity index is 652. The summed E-state index contributed by atoms with van der Waals surface area (Å²) in [5.74, 6) is -3.76. The molecule has 2 aromatic rings. The molecular weight excluding hydrogens is 277 g/mol. The highest BCUT2D eigenvalue weighted by Crippen LogP contribution is 2.21. The predicted octanol–water partition coefficient (Wildman–Crippen LogP) is 2.09. The molecule has 2 rings (SSSR count). The van der Waals surface area contributed by atoms with Gasteiger partial charge in [-0.15, -0.1) is 0 Å². The predicted molar refractivity (Wildman–Crippen MR) is 72.3 cm³/mol. The van der Waals surface area contributed by atoms with Crippen LogP contribution in [0, 0.1) is 5.82 Å². The van der Waals surface area contributed by atoms with Gasteiger partial charge in [0.15, 0.2) is 6.04 Å². The molecule has 2 aromatic carbocycles. The minimum absolute atomic E-state index is 0.342. The summed E-state index contributed by atoms with van der Waals surface area (Å²) in [7, 11) is 0. The molecule has 108 valence electrons. The van der Waals surface area contributed by atoms with Crippen molar-refractivity contribution in [2.45, 2.75) is 6.04 Å². The van der Waals surface area contributed by atoms with Gasteiger partial charge in [0.2, 0.25) is 0 Å². The van der Waals surface area contributed by atoms with Gasteiger partial charge in [0.1, 0.15) is 17.1 Å². The Labute approximate surface area is 119 Å². The van der Waals surface area contributed by atoms with E-state index in [4.69, 9.17) is 0 Å². The zero-order valence-corrected chi connectivity index (χ0v) is 10.8. The molecule has 0 fully saturated rings. The largest absolute Gasteiger partial charge is 0.507 e. The van der Waals surface area contributed by atoms with Crippen LogP contribution < -0.4 is 5.32 Å². The van der Waals surface area contributed by atoms with Gasteiger partial charge in [0.05, 0.1) is 0 Å². The van der Waals surface area contributed by atoms with Gasteiger partial charge in [-0.05, 0) is 17.7 Å². The minimum atomic E-state index is -1.34. The number of rotatable bonds is 4. The van der Waals surface area contributed by atoms with Crippen LogP contribution in [0.5, 0.6) is 5.75 Å². The molecule has 0 spiro atoms. The van der Waals surface area contributed by atoms with Crippen molar-refractivity contribution in [2.75, 3.05) is 0 Å². The molecule has 0 saturated heterocycles. The number of hydrogen-bond acceptors (Lipinski definition) is 3. The molecule has 0 aromatic heterocycles. The molecule has 1 atom stereocenters. The summed E-state index contributed by atoms with van der Waals surface area (Å²) in [6, 6.07) is 10.1. The average molecular weight is 289 g/mol. The van der Waals surface area contributed by atoms with Crippen LogP contribution >= 0.6 is 0 Å². The van der Waals surface area contributed by atoms with E-state index in [1.54, 1.807) is 18.2 Å². The van der Waals surface area contributed by atoms with E-state index in [-0.39, 0.29) is 0 Å². The highest BCUT2D eigenvalue weighted by Gasteiger charge is 2.25. The summed E-state index contributed by atoms with van der Waals surface area (Å²) in [5, 5.41) is 20.9. The SMILES string of the molecule is O=C(N[C@@H](C(=O)O)c1ccccc1)c1c(O)cccc1F. The third kappa shape index (κ3) is 3.17. The number of phenols is 1. The summed E-state index contributed by atoms with van der Waals surface area (Å²) in [6.45, 7) is 0. The molecule has 0 unspecified atom stereocenters. The molecular formula is C15H12FNO4. The number of carbonyl (C=O) groups excluding carboxylic acids is 1. The van der Waals surface area contributed by atoms with Crippen LogP contribution in [0.3, 0.4) is 0 Å². The summed E-state index contributed by atoms with van der Waals surface area (Å²) >= 11 is 0. The van der Waals surface area contributed by atoms with Crippen LogP contribution in [0.1, 0.15) is 22.0 Å². The van der Waals surface area contributed by atoms with Crippen LogP contribution in [0.25, 0.3) is 0 Å². The Balaban J connectivity index is 2.30. The van der Waals surface area contributed by atoms with E-state index in [9.17, 15) is 24.2 Å². The Morgan fingerprint density at radius 2 is 1.71 bits per heavy atom. The number of nitrogens with one attached hydrogen (secondary N) is 1. The lowest BCUT2D eigenvalue weighted by Crippen LogP contribution is -2.34. The van der Waals surface area contributed by atoms with Crippen molar-refractivity contribution in [3.05, 3.63) is 65.5 Å². The van der Waals surface area contributed by atoms with Gasteiger partial charge >= 0.3 is 5.97 Å². The van der Waals surface area contributed by atoms with E-state index in [0.717, 1.165) is 12.1 Å². The molecule has 0 aliphatic heterocycles. The molecule has 0 saturated carbocycles. The maximum Gasteiger partial charge on any atom is 0.330 e. The molecule has 0 heterocycles. The van der Waals surface area contributed by atoms with Crippen molar-refractivity contribution in [1.29, 1.82) is 0 Å². The average Bonchev–Trinajstić information content (AvgIpc) is 2.45. The topological polar surface area (TPSA) is 86.6 Å². The first-order valence-corrected chi connectivity index (χ1v) is 6.07. The molecule has 6 heteroatoms. The summed E-state index contributed by atoms with van der Waals surface area (Å²) in [5.41, 5.74) is -0.242. The lowest BCUT2D eigenvalue weighted by molar-refractivity contribution is -0.139. The van der Waals surface area contributed by atoms with Crippen molar-refractivity contribution in [3.63, 3.8) is 0 Å². The van der Waals surface area contributed by atoms with E-state index >= 15 is 0 Å². The number of carboxylic acids is 1. The number of carboxylic acid groups (broad SMARTS) is 1. The standard InChI is InChI=1S/C15H12FNO4/c16-10-7-4-8-11(18)12(10)14(19)17-13(15(20)21)9-5-2-1-3-6-9/h1-8,13,18H,(H,17,19)(H,20,21)/t13-/m1/s1. The van der Waals surface area contributed by atoms with Crippen LogP contribution in [0.4, 0.5) is 4.39 Å². The van der Waals surface area contributed by atoms with Crippen LogP contribution in [-0.4, -0.2) is 22.1 Å². The third-order valence-corrected chi connectivity index (χ3v) is 2.87. The molecule has 0 radical (unpaired) electrons. The van der Waals surface area contributed by atoms with E-state index in [2.05, 4.69) is 5.32 Å². The smallest absolute Gasteiger partial charge is 0.330 e. The Morgan fingerprint density at radius 1 is 1.05 bits per heavy atom. The van der Waals surface area contributed by atoms with Crippen LogP contribution in [-0.2, 0) is 4.79 Å². The normalized spacial score (nSPS) is 11.7. The zero-order valence-electron chi connectivity index (χ0n) is 10.8. The van der Waals surface area contributed by atoms with Gasteiger partial charge in [-0.3, -0.25) is 4.79 Å². The van der Waals surface area contributed by atoms with Crippen LogP contribution in [0.2, 0.25) is 0 Å². The first kappa shape index (κ1) is 14.5. The van der Waals surface area contributed by atoms with E-state index in [1.807, 2.05) is 0 Å². The monoisotopic (exact) mass is 289 g/mol. The molecule has 3 N–H and O–H groups in total. The summed E-state index contributed by atoms with van der Waals surface area (Å²) in [4.78, 5) is 23.3. The number of aliphatic carboxylic acids is 1. The van der Waals surface area contributed by atoms with Crippen molar-refractivity contribution in [3.8, 4) is 5.75 Å². The Kier molecular flexibility index (Phi) is 4.18. The Hall–Kier alpha value is -2.89. The second-order valence-electron chi connectivity index (χ2n) is 4.29. The molecule has 5 nitrogen and oxygen atoms in total. The number of halogens is 1. The highest BCUT2D eigenvalue weighted by molar-refractivity contribution is 5.99. The lowest BCUT2D eigenvalue weighted by Gasteiger charge is -2.15. The fourth-order valence-corrected chi connectivity index (χ4v) is 1.87. The van der Waals surface area contributed by atoms with Gasteiger partial charge < -0.3 is 15.5 Å². The zero-order chi connectivity index (χ0) is 15.4. The maximum absolute atomic E-state index is 13.6. The second kappa shape index (κ2) is 6.04. The number of aromatic hydroxyl groups is 1. The van der Waals surface area contributed by atoms with Crippen molar-refractivity contribution in [2.24, 2.45) is 0 Å². The maximum atomic E-state index is 13.6. The Morgan fingerprint density at radius 3 is 2.29 bits per heavy atom. The number of amides is 1. The fraction of sp³-hybridized carbons (Fsp3) is 0.0667. The fourth-order valence-electron chi connectivity index (χ4n) is 1.87. The first-order chi connectivity index (χ1) is 10.0. The number of phenolic OH excluding ortho intramolecular Hbond substituents is 1. The van der Waals surface area contributed by atoms with Crippen molar-refractivity contribution in [1.82, 2.24) is 5.32 Å². The van der Waals surface area contributed by atoms with Crippen molar-refractivity contribution < 1.29 is 24.2 Å². The quantitative estimate of drug-likeness (QED) is 0.804. The molecule has 0 aliphatic rings. The number of carbonyl (C=O) groups is 2. The van der Waals surface area contributed by atoms with E-state index in [0.29, 0.717) is 5.56 Å². The molecule has 21 heavy (non-hydrogen) atoms. The van der Waals surface area contributed by atoms with Gasteiger partial charge in [0, 0.05) is 0 Å². The number of benzene rings is 2. The second-order valence-corrected chi connectivity index (χ2v) is 4.29. The van der Waals surface area contributed by atoms with Gasteiger partial charge in [-0.1, -0.05) is 36.4 Å². The first-order valence-electron chi connectivity index (χ1n) is 6.07. The molecule has 0 bridgehead atoms. The highest BCUT2D eigenvalue weighted by atomic mass is 19.1. The van der Waals surface area contributed by atoms with Gasteiger partial charge in [-0.2, -0.15) is 0 Å². The van der Waals surface area contributed by atoms with Gasteiger partial charge in [0.25, 0.3) is 5.91 Å². The summed E-state index contributed by atoms with van der Waals surface area (Å²) < 4.78 is 13.6. The molecule has 0 aliphatic carbocycles. The van der Waals surface area contributed by atoms with Crippen molar-refractivity contribution >= 4 is 11.9 Å². The minimum Gasteiger partial charge on any atom is -0.507 e. The molecule has 1 amide bonds. The van der Waals surface area contributed by atoms with Gasteiger partial charge in [-0.25, -0.2) is 9.18 Å². The lowest BCUT2D eigenvalue weighted by atomic mass is 10.1. The van der Waals surface area contributed by atoms with Crippen LogP contribution in [0.15, 0.2) is 48.5 Å². The van der Waals surface area contributed by atoms with E-state index < -0.39 is 35.0 Å². The number of hydrogen-bond donors (Lipinski definition) is 3.